The SMILES string of the molecule is CC/C(=C\c1ccccc1)[C@H]1C[C@@H]1NC1CC2(CCN(CCOC)CC2)C1.Cl.Cl. The van der Waals surface area contributed by atoms with E-state index >= 15 is 0 Å². The summed E-state index contributed by atoms with van der Waals surface area (Å²) in [5, 5.41) is 3.98. The molecule has 1 aliphatic heterocycles. The van der Waals surface area contributed by atoms with Crippen LogP contribution in [-0.4, -0.2) is 50.3 Å². The van der Waals surface area contributed by atoms with Crippen molar-refractivity contribution >= 4 is 30.9 Å². The number of benzene rings is 1. The van der Waals surface area contributed by atoms with E-state index in [0.717, 1.165) is 31.2 Å². The van der Waals surface area contributed by atoms with Crippen LogP contribution in [0.4, 0.5) is 0 Å². The number of hydrogen-bond donors (Lipinski definition) is 1. The summed E-state index contributed by atoms with van der Waals surface area (Å²) in [6.45, 7) is 6.81. The molecule has 1 aromatic rings. The Bertz CT molecular complexity index is 636. The van der Waals surface area contributed by atoms with Crippen molar-refractivity contribution < 1.29 is 4.74 Å². The van der Waals surface area contributed by atoms with Gasteiger partial charge < -0.3 is 15.0 Å². The van der Waals surface area contributed by atoms with Crippen LogP contribution in [0.15, 0.2) is 35.9 Å². The molecule has 1 N–H and O–H groups in total. The summed E-state index contributed by atoms with van der Waals surface area (Å²) in [5.41, 5.74) is 3.63. The summed E-state index contributed by atoms with van der Waals surface area (Å²) >= 11 is 0. The largest absolute Gasteiger partial charge is 0.383 e. The predicted molar refractivity (Wildman–Crippen MR) is 127 cm³/mol. The molecule has 1 spiro atoms. The van der Waals surface area contributed by atoms with Gasteiger partial charge in [-0.3, -0.25) is 0 Å². The van der Waals surface area contributed by atoms with Crippen LogP contribution in [-0.2, 0) is 4.74 Å². The van der Waals surface area contributed by atoms with Crippen molar-refractivity contribution in [2.45, 2.75) is 57.5 Å². The molecule has 0 amide bonds. The Morgan fingerprint density at radius 3 is 2.48 bits per heavy atom. The van der Waals surface area contributed by atoms with Crippen molar-refractivity contribution in [1.29, 1.82) is 0 Å². The van der Waals surface area contributed by atoms with Crippen LogP contribution in [0.5, 0.6) is 0 Å². The van der Waals surface area contributed by atoms with Crippen molar-refractivity contribution in [3.8, 4) is 0 Å². The van der Waals surface area contributed by atoms with Crippen LogP contribution >= 0.6 is 24.8 Å². The van der Waals surface area contributed by atoms with E-state index in [9.17, 15) is 0 Å². The van der Waals surface area contributed by atoms with Crippen molar-refractivity contribution in [3.05, 3.63) is 41.5 Å². The first-order chi connectivity index (χ1) is 13.2. The molecular weight excluding hydrogens is 403 g/mol. The molecule has 164 valence electrons. The zero-order valence-corrected chi connectivity index (χ0v) is 19.6. The number of halogens is 2. The number of piperidine rings is 1. The molecule has 29 heavy (non-hydrogen) atoms. The lowest BCUT2D eigenvalue weighted by molar-refractivity contribution is -0.000607. The number of nitrogens with one attached hydrogen (secondary N) is 1. The second kappa shape index (κ2) is 11.2. The quantitative estimate of drug-likeness (QED) is 0.601. The van der Waals surface area contributed by atoms with Crippen molar-refractivity contribution in [2.75, 3.05) is 33.4 Å². The predicted octanol–water partition coefficient (Wildman–Crippen LogP) is 5.19. The van der Waals surface area contributed by atoms with Gasteiger partial charge in [0.25, 0.3) is 0 Å². The van der Waals surface area contributed by atoms with E-state index in [-0.39, 0.29) is 24.8 Å². The van der Waals surface area contributed by atoms with Gasteiger partial charge in [-0.05, 0) is 68.5 Å². The molecule has 2 aliphatic carbocycles. The molecule has 0 bridgehead atoms. The van der Waals surface area contributed by atoms with Gasteiger partial charge in [0.05, 0.1) is 6.61 Å². The Balaban J connectivity index is 0.00000150. The smallest absolute Gasteiger partial charge is 0.0589 e. The highest BCUT2D eigenvalue weighted by molar-refractivity contribution is 5.85. The van der Waals surface area contributed by atoms with Gasteiger partial charge in [0.1, 0.15) is 0 Å². The molecule has 2 saturated carbocycles. The van der Waals surface area contributed by atoms with Crippen molar-refractivity contribution in [1.82, 2.24) is 10.2 Å². The van der Waals surface area contributed by atoms with Gasteiger partial charge in [-0.1, -0.05) is 48.9 Å². The highest BCUT2D eigenvalue weighted by Crippen LogP contribution is 2.50. The van der Waals surface area contributed by atoms with E-state index < -0.39 is 0 Å². The fourth-order valence-electron chi connectivity index (χ4n) is 5.31. The van der Waals surface area contributed by atoms with E-state index in [1.165, 1.54) is 57.2 Å². The number of nitrogens with zero attached hydrogens (tertiary/aromatic N) is 1. The van der Waals surface area contributed by atoms with E-state index in [4.69, 9.17) is 4.74 Å². The molecule has 0 aromatic heterocycles. The van der Waals surface area contributed by atoms with E-state index in [0.29, 0.717) is 5.41 Å². The fourth-order valence-corrected chi connectivity index (χ4v) is 5.31. The molecule has 5 heteroatoms. The molecule has 3 nitrogen and oxygen atoms in total. The third kappa shape index (κ3) is 6.21. The van der Waals surface area contributed by atoms with Gasteiger partial charge in [0.15, 0.2) is 0 Å². The highest BCUT2D eigenvalue weighted by atomic mass is 35.5. The molecular formula is C24H38Cl2N2O. The van der Waals surface area contributed by atoms with Gasteiger partial charge in [-0.2, -0.15) is 0 Å². The molecule has 0 unspecified atom stereocenters. The van der Waals surface area contributed by atoms with E-state index in [1.807, 2.05) is 0 Å². The lowest BCUT2D eigenvalue weighted by Crippen LogP contribution is -2.54. The van der Waals surface area contributed by atoms with Crippen LogP contribution in [0.25, 0.3) is 6.08 Å². The minimum atomic E-state index is 0. The molecule has 0 radical (unpaired) electrons. The first-order valence-corrected chi connectivity index (χ1v) is 10.9. The summed E-state index contributed by atoms with van der Waals surface area (Å²) in [4.78, 5) is 2.58. The second-order valence-corrected chi connectivity index (χ2v) is 9.04. The molecule has 4 rings (SSSR count). The average molecular weight is 441 g/mol. The Morgan fingerprint density at radius 1 is 1.17 bits per heavy atom. The summed E-state index contributed by atoms with van der Waals surface area (Å²) in [6, 6.07) is 12.3. The first kappa shape index (κ1) is 24.7. The van der Waals surface area contributed by atoms with Crippen molar-refractivity contribution in [3.63, 3.8) is 0 Å². The Morgan fingerprint density at radius 2 is 1.86 bits per heavy atom. The summed E-state index contributed by atoms with van der Waals surface area (Å²) in [5.74, 6) is 0.766. The van der Waals surface area contributed by atoms with Gasteiger partial charge in [0, 0.05) is 25.7 Å². The maximum atomic E-state index is 5.22. The molecule has 3 aliphatic rings. The Hall–Kier alpha value is -0.580. The van der Waals surface area contributed by atoms with Gasteiger partial charge >= 0.3 is 0 Å². The molecule has 1 saturated heterocycles. The number of methoxy groups -OCH3 is 1. The minimum absolute atomic E-state index is 0. The van der Waals surface area contributed by atoms with Crippen LogP contribution in [0.1, 0.15) is 51.0 Å². The second-order valence-electron chi connectivity index (χ2n) is 9.04. The topological polar surface area (TPSA) is 24.5 Å². The summed E-state index contributed by atoms with van der Waals surface area (Å²) in [7, 11) is 1.80. The summed E-state index contributed by atoms with van der Waals surface area (Å²) in [6.07, 6.45) is 10.5. The third-order valence-electron chi connectivity index (χ3n) is 7.16. The third-order valence-corrected chi connectivity index (χ3v) is 7.16. The standard InChI is InChI=1S/C24H36N2O.2ClH/c1-3-20(15-19-7-5-4-6-8-19)22-16-23(22)25-21-17-24(18-21)9-11-26(12-10-24)13-14-27-2;;/h4-8,15,21-23,25H,3,9-14,16-18H2,1-2H3;2*1H/b20-15+;;/t22-,23+;;/m1../s1. The van der Waals surface area contributed by atoms with Crippen LogP contribution < -0.4 is 5.32 Å². The van der Waals surface area contributed by atoms with Gasteiger partial charge in [0.2, 0.25) is 0 Å². The maximum Gasteiger partial charge on any atom is 0.0589 e. The molecule has 2 atom stereocenters. The monoisotopic (exact) mass is 440 g/mol. The number of likely N-dealkylation sites (tertiary alicyclic amines) is 1. The van der Waals surface area contributed by atoms with Gasteiger partial charge in [-0.25, -0.2) is 0 Å². The Kier molecular flexibility index (Phi) is 9.50. The van der Waals surface area contributed by atoms with Crippen LogP contribution in [0.3, 0.4) is 0 Å². The lowest BCUT2D eigenvalue weighted by Gasteiger charge is -2.52. The van der Waals surface area contributed by atoms with Crippen LogP contribution in [0, 0.1) is 11.3 Å². The first-order valence-electron chi connectivity index (χ1n) is 10.9. The Labute approximate surface area is 189 Å². The number of ether oxygens (including phenoxy) is 1. The molecule has 3 fully saturated rings. The van der Waals surface area contributed by atoms with Crippen LogP contribution in [0.2, 0.25) is 0 Å². The number of rotatable bonds is 8. The van der Waals surface area contributed by atoms with E-state index in [1.54, 1.807) is 12.7 Å². The summed E-state index contributed by atoms with van der Waals surface area (Å²) < 4.78 is 5.22. The van der Waals surface area contributed by atoms with E-state index in [2.05, 4.69) is 53.5 Å². The molecule has 1 aromatic carbocycles. The lowest BCUT2D eigenvalue weighted by atomic mass is 9.60. The zero-order chi connectivity index (χ0) is 18.7. The van der Waals surface area contributed by atoms with Gasteiger partial charge in [-0.15, -0.1) is 24.8 Å². The maximum absolute atomic E-state index is 5.22. The minimum Gasteiger partial charge on any atom is -0.383 e. The normalized spacial score (nSPS) is 26.3. The number of hydrogen-bond acceptors (Lipinski definition) is 3. The zero-order valence-electron chi connectivity index (χ0n) is 17.9. The van der Waals surface area contributed by atoms with Crippen molar-refractivity contribution in [2.24, 2.45) is 11.3 Å². The molecule has 1 heterocycles. The average Bonchev–Trinajstić information content (AvgIpc) is 3.44. The fraction of sp³-hybridized carbons (Fsp3) is 0.667. The highest BCUT2D eigenvalue weighted by Gasteiger charge is 2.49.